The highest BCUT2D eigenvalue weighted by molar-refractivity contribution is 9.10. The second-order valence-electron chi connectivity index (χ2n) is 5.63. The second-order valence-corrected chi connectivity index (χ2v) is 6.43. The first-order chi connectivity index (χ1) is 11.7. The number of anilines is 1. The Morgan fingerprint density at radius 3 is 2.62 bits per heavy atom. The molecule has 5 rings (SSSR count). The lowest BCUT2D eigenvalue weighted by atomic mass is 9.90. The third-order valence-corrected chi connectivity index (χ3v) is 5.19. The Balaban J connectivity index is 2.09. The Hall–Kier alpha value is -2.86. The Morgan fingerprint density at radius 1 is 0.917 bits per heavy atom. The van der Waals surface area contributed by atoms with Crippen LogP contribution in [0.25, 0.3) is 32.9 Å². The topological polar surface area (TPSA) is 81.8 Å². The molecule has 0 radical (unpaired) electrons. The largest absolute Gasteiger partial charge is 0.398 e. The van der Waals surface area contributed by atoms with Crippen molar-refractivity contribution in [2.45, 2.75) is 0 Å². The Labute approximate surface area is 144 Å². The van der Waals surface area contributed by atoms with Crippen molar-refractivity contribution < 1.29 is 4.79 Å². The van der Waals surface area contributed by atoms with Crippen molar-refractivity contribution in [1.82, 2.24) is 15.0 Å². The number of aromatic nitrogens is 3. The Morgan fingerprint density at radius 2 is 1.75 bits per heavy atom. The van der Waals surface area contributed by atoms with Crippen LogP contribution >= 0.6 is 15.9 Å². The van der Waals surface area contributed by atoms with Crippen LogP contribution in [0.5, 0.6) is 0 Å². The van der Waals surface area contributed by atoms with Gasteiger partial charge in [-0.25, -0.2) is 4.98 Å². The minimum atomic E-state index is -0.175. The van der Waals surface area contributed by atoms with Crippen LogP contribution in [-0.4, -0.2) is 20.7 Å². The van der Waals surface area contributed by atoms with Crippen LogP contribution in [0, 0.1) is 0 Å². The normalized spacial score (nSPS) is 12.6. The first kappa shape index (κ1) is 13.6. The average Bonchev–Trinajstić information content (AvgIpc) is 2.62. The van der Waals surface area contributed by atoms with Crippen LogP contribution in [0.4, 0.5) is 5.69 Å². The maximum atomic E-state index is 12.9. The van der Waals surface area contributed by atoms with Crippen LogP contribution in [-0.2, 0) is 0 Å². The first-order valence-corrected chi connectivity index (χ1v) is 8.12. The van der Waals surface area contributed by atoms with Gasteiger partial charge in [0, 0.05) is 34.4 Å². The number of carbonyl (C=O) groups is 1. The lowest BCUT2D eigenvalue weighted by Crippen LogP contribution is -2.15. The fourth-order valence-corrected chi connectivity index (χ4v) is 3.82. The molecule has 0 unspecified atom stereocenters. The number of hydrogen-bond donors (Lipinski definition) is 1. The molecule has 1 aliphatic rings. The molecule has 3 heterocycles. The number of nitrogens with zero attached hydrogens (tertiary/aromatic N) is 3. The maximum Gasteiger partial charge on any atom is 0.231 e. The molecule has 0 aliphatic heterocycles. The molecule has 2 N–H and O–H groups in total. The number of carbonyl (C=O) groups excluding carboxylic acids is 1. The van der Waals surface area contributed by atoms with Crippen molar-refractivity contribution in [3.63, 3.8) is 0 Å². The van der Waals surface area contributed by atoms with Crippen molar-refractivity contribution >= 4 is 49.1 Å². The molecule has 6 heteroatoms. The summed E-state index contributed by atoms with van der Waals surface area (Å²) in [5, 5.41) is 2.54. The lowest BCUT2D eigenvalue weighted by Gasteiger charge is -2.19. The zero-order valence-corrected chi connectivity index (χ0v) is 13.8. The van der Waals surface area contributed by atoms with E-state index in [-0.39, 0.29) is 5.78 Å². The monoisotopic (exact) mass is 376 g/mol. The van der Waals surface area contributed by atoms with Crippen LogP contribution in [0.3, 0.4) is 0 Å². The van der Waals surface area contributed by atoms with Gasteiger partial charge in [0.1, 0.15) is 11.4 Å². The van der Waals surface area contributed by atoms with Gasteiger partial charge >= 0.3 is 0 Å². The number of pyridine rings is 3. The zero-order valence-electron chi connectivity index (χ0n) is 12.2. The molecule has 114 valence electrons. The van der Waals surface area contributed by atoms with E-state index in [0.29, 0.717) is 22.6 Å². The molecule has 3 aromatic heterocycles. The zero-order chi connectivity index (χ0) is 16.4. The molecule has 4 aromatic rings. The highest BCUT2D eigenvalue weighted by Gasteiger charge is 2.29. The van der Waals surface area contributed by atoms with E-state index in [9.17, 15) is 4.79 Å². The summed E-state index contributed by atoms with van der Waals surface area (Å²) in [6.07, 6.45) is 3.35. The van der Waals surface area contributed by atoms with Gasteiger partial charge in [-0.2, -0.15) is 0 Å². The predicted octanol–water partition coefficient (Wildman–Crippen LogP) is 3.73. The van der Waals surface area contributed by atoms with Crippen LogP contribution < -0.4 is 5.73 Å². The van der Waals surface area contributed by atoms with Crippen LogP contribution in [0.1, 0.15) is 16.2 Å². The van der Waals surface area contributed by atoms with E-state index in [2.05, 4.69) is 30.9 Å². The molecule has 0 atom stereocenters. The smallest absolute Gasteiger partial charge is 0.231 e. The van der Waals surface area contributed by atoms with Crippen molar-refractivity contribution in [1.29, 1.82) is 0 Å². The summed E-state index contributed by atoms with van der Waals surface area (Å²) < 4.78 is 0.778. The van der Waals surface area contributed by atoms with Gasteiger partial charge < -0.3 is 5.73 Å². The molecular formula is C18H9BrN4O. The van der Waals surface area contributed by atoms with Gasteiger partial charge in [-0.3, -0.25) is 14.8 Å². The highest BCUT2D eigenvalue weighted by Crippen LogP contribution is 2.41. The molecule has 0 bridgehead atoms. The van der Waals surface area contributed by atoms with Gasteiger partial charge in [-0.05, 0) is 51.6 Å². The average molecular weight is 377 g/mol. The number of fused-ring (bicyclic) bond motifs is 4. The molecule has 1 aromatic carbocycles. The summed E-state index contributed by atoms with van der Waals surface area (Å²) in [6, 6.07) is 9.17. The number of ketones is 1. The summed E-state index contributed by atoms with van der Waals surface area (Å²) in [4.78, 5) is 26.2. The third kappa shape index (κ3) is 1.58. The summed E-state index contributed by atoms with van der Waals surface area (Å²) in [6.45, 7) is 0. The van der Waals surface area contributed by atoms with Crippen molar-refractivity contribution in [3.8, 4) is 11.3 Å². The van der Waals surface area contributed by atoms with Gasteiger partial charge in [0.2, 0.25) is 5.78 Å². The number of nitrogens with two attached hydrogens (primary N) is 1. The van der Waals surface area contributed by atoms with Gasteiger partial charge in [-0.15, -0.1) is 0 Å². The fourth-order valence-electron chi connectivity index (χ4n) is 3.28. The number of halogens is 1. The number of benzene rings is 1. The Kier molecular flexibility index (Phi) is 2.59. The van der Waals surface area contributed by atoms with Gasteiger partial charge in [0.05, 0.1) is 15.7 Å². The molecule has 24 heavy (non-hydrogen) atoms. The summed E-state index contributed by atoms with van der Waals surface area (Å²) in [7, 11) is 0. The van der Waals surface area contributed by atoms with E-state index in [1.807, 2.05) is 18.2 Å². The van der Waals surface area contributed by atoms with E-state index in [1.54, 1.807) is 24.5 Å². The van der Waals surface area contributed by atoms with E-state index in [4.69, 9.17) is 5.73 Å². The molecule has 0 saturated carbocycles. The van der Waals surface area contributed by atoms with E-state index < -0.39 is 0 Å². The van der Waals surface area contributed by atoms with Gasteiger partial charge in [0.25, 0.3) is 0 Å². The summed E-state index contributed by atoms with van der Waals surface area (Å²) in [5.74, 6) is -0.175. The molecule has 0 spiro atoms. The number of rotatable bonds is 0. The van der Waals surface area contributed by atoms with E-state index >= 15 is 0 Å². The molecular weight excluding hydrogens is 368 g/mol. The first-order valence-electron chi connectivity index (χ1n) is 7.33. The van der Waals surface area contributed by atoms with E-state index in [1.165, 1.54) is 0 Å². The van der Waals surface area contributed by atoms with Crippen LogP contribution in [0.2, 0.25) is 0 Å². The molecule has 0 amide bonds. The SMILES string of the molecule is Nc1ccc2nc3c4c(nccc4c2c1Br)-c1cccnc1C3=O. The molecule has 1 aliphatic carbocycles. The van der Waals surface area contributed by atoms with Crippen LogP contribution in [0.15, 0.2) is 47.2 Å². The van der Waals surface area contributed by atoms with E-state index in [0.717, 1.165) is 31.9 Å². The van der Waals surface area contributed by atoms with Crippen molar-refractivity contribution in [2.24, 2.45) is 0 Å². The second kappa shape index (κ2) is 4.58. The van der Waals surface area contributed by atoms with Crippen molar-refractivity contribution in [3.05, 3.63) is 58.6 Å². The molecule has 0 saturated heterocycles. The predicted molar refractivity (Wildman–Crippen MR) is 95.8 cm³/mol. The number of nitrogen functional groups attached to an aromatic ring is 1. The van der Waals surface area contributed by atoms with Crippen molar-refractivity contribution in [2.75, 3.05) is 5.73 Å². The van der Waals surface area contributed by atoms with Gasteiger partial charge in [0.15, 0.2) is 0 Å². The standard InChI is InChI=1S/C18H9BrN4O/c19-14-10(20)3-4-11-12(14)8-5-7-22-15-9-2-1-6-21-16(9)18(24)17(23-11)13(8)15/h1-7H,20H2. The lowest BCUT2D eigenvalue weighted by molar-refractivity contribution is 0.103. The third-order valence-electron chi connectivity index (χ3n) is 4.33. The highest BCUT2D eigenvalue weighted by atomic mass is 79.9. The summed E-state index contributed by atoms with van der Waals surface area (Å²) >= 11 is 3.56. The quantitative estimate of drug-likeness (QED) is 0.329. The fraction of sp³-hybridized carbons (Fsp3) is 0. The Bertz CT molecular complexity index is 1200. The van der Waals surface area contributed by atoms with Gasteiger partial charge in [-0.1, -0.05) is 0 Å². The summed E-state index contributed by atoms with van der Waals surface area (Å²) in [5.41, 5.74) is 9.63. The number of hydrogen-bond acceptors (Lipinski definition) is 5. The minimum absolute atomic E-state index is 0.175. The molecule has 0 fully saturated rings. The maximum absolute atomic E-state index is 12.9. The minimum Gasteiger partial charge on any atom is -0.398 e. The molecule has 5 nitrogen and oxygen atoms in total.